The van der Waals surface area contributed by atoms with Crippen molar-refractivity contribution >= 4 is 34.2 Å². The van der Waals surface area contributed by atoms with Crippen LogP contribution in [0.15, 0.2) is 36.4 Å². The van der Waals surface area contributed by atoms with Crippen molar-refractivity contribution in [2.75, 3.05) is 64.3 Å². The lowest BCUT2D eigenvalue weighted by Crippen LogP contribution is -2.53. The zero-order valence-electron chi connectivity index (χ0n) is 21.9. The van der Waals surface area contributed by atoms with Crippen LogP contribution in [0.3, 0.4) is 0 Å². The smallest absolute Gasteiger partial charge is 0.356 e. The number of carbonyl (C=O) groups is 2. The Labute approximate surface area is 216 Å². The van der Waals surface area contributed by atoms with Gasteiger partial charge in [-0.25, -0.2) is 4.79 Å². The van der Waals surface area contributed by atoms with E-state index in [2.05, 4.69) is 39.2 Å². The van der Waals surface area contributed by atoms with Gasteiger partial charge in [0.1, 0.15) is 11.4 Å². The molecule has 1 atom stereocenters. The highest BCUT2D eigenvalue weighted by atomic mass is 16.5. The second-order valence-corrected chi connectivity index (χ2v) is 8.87. The summed E-state index contributed by atoms with van der Waals surface area (Å²) in [5, 5.41) is 3.57. The fourth-order valence-corrected chi connectivity index (χ4v) is 4.72. The number of H-pyrrole nitrogens is 1. The molecule has 1 amide bonds. The van der Waals surface area contributed by atoms with Crippen molar-refractivity contribution in [2.45, 2.75) is 19.9 Å². The summed E-state index contributed by atoms with van der Waals surface area (Å²) < 4.78 is 21.3. The Balaban J connectivity index is 1.49. The SMILES string of the molecule is CCOC(=O)c1[nH]c2cc(OC)c(OC)cc2c1NC(=O)CN1CCN(c2ccc(OC)cc2)[C@H](C)C1. The Kier molecular flexibility index (Phi) is 8.08. The summed E-state index contributed by atoms with van der Waals surface area (Å²) >= 11 is 0. The van der Waals surface area contributed by atoms with Gasteiger partial charge in [0.05, 0.1) is 45.7 Å². The van der Waals surface area contributed by atoms with E-state index in [-0.39, 0.29) is 30.8 Å². The zero-order chi connectivity index (χ0) is 26.5. The van der Waals surface area contributed by atoms with Crippen LogP contribution in [0.2, 0.25) is 0 Å². The average molecular weight is 511 g/mol. The minimum Gasteiger partial charge on any atom is -0.497 e. The van der Waals surface area contributed by atoms with E-state index < -0.39 is 5.97 Å². The maximum atomic E-state index is 13.2. The number of methoxy groups -OCH3 is 3. The van der Waals surface area contributed by atoms with Gasteiger partial charge >= 0.3 is 5.97 Å². The number of anilines is 2. The van der Waals surface area contributed by atoms with Crippen LogP contribution in [0.1, 0.15) is 24.3 Å². The highest BCUT2D eigenvalue weighted by Gasteiger charge is 2.27. The van der Waals surface area contributed by atoms with Crippen molar-refractivity contribution in [3.63, 3.8) is 0 Å². The van der Waals surface area contributed by atoms with Gasteiger partial charge in [0.2, 0.25) is 5.91 Å². The lowest BCUT2D eigenvalue weighted by Gasteiger charge is -2.41. The molecule has 0 spiro atoms. The van der Waals surface area contributed by atoms with Crippen LogP contribution in [0, 0.1) is 0 Å². The molecular weight excluding hydrogens is 476 g/mol. The average Bonchev–Trinajstić information content (AvgIpc) is 3.25. The number of aromatic nitrogens is 1. The summed E-state index contributed by atoms with van der Waals surface area (Å²) in [6.45, 7) is 6.53. The molecule has 3 aromatic rings. The van der Waals surface area contributed by atoms with Crippen LogP contribution in [-0.4, -0.2) is 81.9 Å². The molecule has 0 unspecified atom stereocenters. The number of hydrogen-bond acceptors (Lipinski definition) is 8. The monoisotopic (exact) mass is 510 g/mol. The third-order valence-corrected chi connectivity index (χ3v) is 6.53. The molecule has 1 saturated heterocycles. The lowest BCUT2D eigenvalue weighted by molar-refractivity contribution is -0.117. The van der Waals surface area contributed by atoms with Crippen LogP contribution < -0.4 is 24.4 Å². The molecule has 4 rings (SSSR count). The molecule has 1 aromatic heterocycles. The molecular formula is C27H34N4O6. The first-order valence-corrected chi connectivity index (χ1v) is 12.3. The maximum Gasteiger partial charge on any atom is 0.356 e. The maximum absolute atomic E-state index is 13.2. The number of ether oxygens (including phenoxy) is 4. The Hall–Kier alpha value is -3.92. The predicted octanol–water partition coefficient (Wildman–Crippen LogP) is 3.52. The van der Waals surface area contributed by atoms with Gasteiger partial charge in [-0.3, -0.25) is 9.69 Å². The number of benzene rings is 2. The zero-order valence-corrected chi connectivity index (χ0v) is 21.9. The highest BCUT2D eigenvalue weighted by Crippen LogP contribution is 2.37. The van der Waals surface area contributed by atoms with Crippen LogP contribution in [0.25, 0.3) is 10.9 Å². The van der Waals surface area contributed by atoms with E-state index in [4.69, 9.17) is 18.9 Å². The largest absolute Gasteiger partial charge is 0.497 e. The number of nitrogens with one attached hydrogen (secondary N) is 2. The number of fused-ring (bicyclic) bond motifs is 1. The summed E-state index contributed by atoms with van der Waals surface area (Å²) in [5.41, 5.74) is 2.29. The van der Waals surface area contributed by atoms with E-state index in [1.54, 1.807) is 26.2 Å². The van der Waals surface area contributed by atoms with Gasteiger partial charge in [0.15, 0.2) is 11.5 Å². The van der Waals surface area contributed by atoms with Crippen molar-refractivity contribution in [1.82, 2.24) is 9.88 Å². The van der Waals surface area contributed by atoms with E-state index in [0.717, 1.165) is 31.1 Å². The first kappa shape index (κ1) is 26.2. The molecule has 2 aromatic carbocycles. The highest BCUT2D eigenvalue weighted by molar-refractivity contribution is 6.11. The van der Waals surface area contributed by atoms with Crippen molar-refractivity contribution in [2.24, 2.45) is 0 Å². The molecule has 0 saturated carbocycles. The minimum absolute atomic E-state index is 0.179. The number of carbonyl (C=O) groups excluding carboxylic acids is 2. The number of esters is 1. The molecule has 198 valence electrons. The summed E-state index contributed by atoms with van der Waals surface area (Å²) in [4.78, 5) is 33.3. The number of aromatic amines is 1. The van der Waals surface area contributed by atoms with Crippen LogP contribution in [0.4, 0.5) is 11.4 Å². The van der Waals surface area contributed by atoms with Gasteiger partial charge < -0.3 is 34.1 Å². The van der Waals surface area contributed by atoms with Gasteiger partial charge in [0, 0.05) is 42.8 Å². The van der Waals surface area contributed by atoms with E-state index in [9.17, 15) is 9.59 Å². The summed E-state index contributed by atoms with van der Waals surface area (Å²) in [7, 11) is 4.73. The molecule has 2 heterocycles. The Morgan fingerprint density at radius 1 is 1.03 bits per heavy atom. The second kappa shape index (κ2) is 11.4. The molecule has 10 nitrogen and oxygen atoms in total. The van der Waals surface area contributed by atoms with Crippen molar-refractivity contribution in [3.05, 3.63) is 42.1 Å². The van der Waals surface area contributed by atoms with Crippen LogP contribution in [-0.2, 0) is 9.53 Å². The topological polar surface area (TPSA) is 105 Å². The quantitative estimate of drug-likeness (QED) is 0.422. The van der Waals surface area contributed by atoms with Crippen molar-refractivity contribution < 1.29 is 28.5 Å². The predicted molar refractivity (Wildman–Crippen MR) is 142 cm³/mol. The molecule has 37 heavy (non-hydrogen) atoms. The molecule has 0 radical (unpaired) electrons. The molecule has 10 heteroatoms. The fraction of sp³-hybridized carbons (Fsp3) is 0.407. The Morgan fingerprint density at radius 3 is 2.35 bits per heavy atom. The van der Waals surface area contributed by atoms with Gasteiger partial charge in [-0.1, -0.05) is 0 Å². The first-order chi connectivity index (χ1) is 17.9. The van der Waals surface area contributed by atoms with Gasteiger partial charge in [-0.05, 0) is 44.2 Å². The summed E-state index contributed by atoms with van der Waals surface area (Å²) in [5.74, 6) is 1.05. The Bertz CT molecular complexity index is 1260. The van der Waals surface area contributed by atoms with Crippen LogP contribution in [0.5, 0.6) is 17.2 Å². The summed E-state index contributed by atoms with van der Waals surface area (Å²) in [6.07, 6.45) is 0. The molecule has 1 aliphatic rings. The molecule has 2 N–H and O–H groups in total. The van der Waals surface area contributed by atoms with E-state index >= 15 is 0 Å². The number of rotatable bonds is 9. The van der Waals surface area contributed by atoms with E-state index in [1.807, 2.05) is 12.1 Å². The van der Waals surface area contributed by atoms with Crippen LogP contribution >= 0.6 is 0 Å². The van der Waals surface area contributed by atoms with E-state index in [0.29, 0.717) is 28.1 Å². The van der Waals surface area contributed by atoms with Gasteiger partial charge in [-0.15, -0.1) is 0 Å². The van der Waals surface area contributed by atoms with Crippen molar-refractivity contribution in [3.8, 4) is 17.2 Å². The standard InChI is InChI=1S/C27H34N4O6/c1-6-37-27(33)26-25(20-13-22(35-4)23(36-5)14-21(20)28-26)29-24(32)16-30-11-12-31(17(2)15-30)18-7-9-19(34-3)10-8-18/h7-10,13-14,17,28H,6,11-12,15-16H2,1-5H3,(H,29,32)/t17-/m1/s1. The molecule has 1 fully saturated rings. The minimum atomic E-state index is -0.548. The van der Waals surface area contributed by atoms with Gasteiger partial charge in [-0.2, -0.15) is 0 Å². The Morgan fingerprint density at radius 2 is 1.73 bits per heavy atom. The fourth-order valence-electron chi connectivity index (χ4n) is 4.72. The second-order valence-electron chi connectivity index (χ2n) is 8.87. The number of amides is 1. The van der Waals surface area contributed by atoms with Crippen molar-refractivity contribution in [1.29, 1.82) is 0 Å². The molecule has 1 aliphatic heterocycles. The number of nitrogens with zero attached hydrogens (tertiary/aromatic N) is 2. The summed E-state index contributed by atoms with van der Waals surface area (Å²) in [6, 6.07) is 11.7. The van der Waals surface area contributed by atoms with Gasteiger partial charge in [0.25, 0.3) is 0 Å². The third kappa shape index (κ3) is 5.59. The molecule has 0 aliphatic carbocycles. The first-order valence-electron chi connectivity index (χ1n) is 12.3. The number of piperazine rings is 1. The third-order valence-electron chi connectivity index (χ3n) is 6.53. The lowest BCUT2D eigenvalue weighted by atomic mass is 10.1. The van der Waals surface area contributed by atoms with E-state index in [1.165, 1.54) is 14.2 Å². The molecule has 0 bridgehead atoms. The number of hydrogen-bond donors (Lipinski definition) is 2. The normalized spacial score (nSPS) is 15.9.